The molecule has 0 aliphatic carbocycles. The molecule has 0 aliphatic heterocycles. The summed E-state index contributed by atoms with van der Waals surface area (Å²) in [5.41, 5.74) is 3.38. The third-order valence-corrected chi connectivity index (χ3v) is 3.39. The van der Waals surface area contributed by atoms with E-state index < -0.39 is 0 Å². The van der Waals surface area contributed by atoms with Gasteiger partial charge in [-0.25, -0.2) is 4.79 Å². The van der Waals surface area contributed by atoms with Crippen molar-refractivity contribution in [1.29, 1.82) is 0 Å². The molecule has 0 fully saturated rings. The van der Waals surface area contributed by atoms with Crippen LogP contribution in [-0.2, 0) is 11.2 Å². The zero-order chi connectivity index (χ0) is 15.9. The summed E-state index contributed by atoms with van der Waals surface area (Å²) in [5, 5.41) is 6.73. The lowest BCUT2D eigenvalue weighted by Gasteiger charge is -2.13. The molecule has 0 spiro atoms. The van der Waals surface area contributed by atoms with E-state index in [1.165, 1.54) is 12.7 Å². The maximum absolute atomic E-state index is 11.5. The van der Waals surface area contributed by atoms with Crippen molar-refractivity contribution in [3.63, 3.8) is 0 Å². The minimum absolute atomic E-state index is 0.376. The molecule has 0 saturated carbocycles. The van der Waals surface area contributed by atoms with Crippen LogP contribution < -0.4 is 10.6 Å². The number of hydrogen-bond donors (Lipinski definition) is 2. The first-order chi connectivity index (χ1) is 10.6. The van der Waals surface area contributed by atoms with Crippen molar-refractivity contribution >= 4 is 34.7 Å². The molecule has 2 aromatic carbocycles. The lowest BCUT2D eigenvalue weighted by atomic mass is 10.1. The largest absolute Gasteiger partial charge is 0.465 e. The Bertz CT molecular complexity index is 686. The Morgan fingerprint density at radius 1 is 1.14 bits per heavy atom. The second kappa shape index (κ2) is 7.56. The van der Waals surface area contributed by atoms with E-state index in [-0.39, 0.29) is 5.97 Å². The molecule has 2 rings (SSSR count). The Morgan fingerprint density at radius 3 is 2.64 bits per heavy atom. The summed E-state index contributed by atoms with van der Waals surface area (Å²) in [6.07, 6.45) is 0.920. The molecule has 2 aromatic rings. The average Bonchev–Trinajstić information content (AvgIpc) is 2.54. The van der Waals surface area contributed by atoms with Crippen molar-refractivity contribution in [3.8, 4) is 0 Å². The Labute approximate surface area is 135 Å². The van der Waals surface area contributed by atoms with E-state index in [0.29, 0.717) is 10.7 Å². The first kappa shape index (κ1) is 16.0. The molecule has 0 saturated heterocycles. The zero-order valence-corrected chi connectivity index (χ0v) is 13.4. The number of aryl methyl sites for hydroxylation is 1. The number of carbonyl (C=O) groups is 1. The van der Waals surface area contributed by atoms with Gasteiger partial charge in [0.2, 0.25) is 0 Å². The van der Waals surface area contributed by atoms with Crippen LogP contribution in [-0.4, -0.2) is 18.2 Å². The molecular formula is C17H18N2O2S. The van der Waals surface area contributed by atoms with Gasteiger partial charge in [0.05, 0.1) is 12.7 Å². The van der Waals surface area contributed by atoms with Crippen molar-refractivity contribution in [3.05, 3.63) is 59.7 Å². The molecule has 0 radical (unpaired) electrons. The highest BCUT2D eigenvalue weighted by atomic mass is 32.1. The number of esters is 1. The maximum Gasteiger partial charge on any atom is 0.337 e. The first-order valence-electron chi connectivity index (χ1n) is 6.98. The fraction of sp³-hybridized carbons (Fsp3) is 0.176. The quantitative estimate of drug-likeness (QED) is 0.663. The average molecular weight is 314 g/mol. The molecule has 0 atom stereocenters. The van der Waals surface area contributed by atoms with Crippen molar-refractivity contribution < 1.29 is 9.53 Å². The van der Waals surface area contributed by atoms with Gasteiger partial charge in [0.25, 0.3) is 0 Å². The second-order valence-corrected chi connectivity index (χ2v) is 5.07. The molecule has 0 aliphatic rings. The molecule has 0 aromatic heterocycles. The van der Waals surface area contributed by atoms with Gasteiger partial charge in [-0.3, -0.25) is 0 Å². The maximum atomic E-state index is 11.5. The SMILES string of the molecule is CCc1ccccc1NC(=S)Nc1cccc(C(=O)OC)c1. The predicted molar refractivity (Wildman–Crippen MR) is 93.4 cm³/mol. The van der Waals surface area contributed by atoms with E-state index in [4.69, 9.17) is 17.0 Å². The van der Waals surface area contributed by atoms with Crippen molar-refractivity contribution in [1.82, 2.24) is 0 Å². The third kappa shape index (κ3) is 4.05. The molecule has 114 valence electrons. The molecule has 5 heteroatoms. The van der Waals surface area contributed by atoms with Crippen molar-refractivity contribution in [2.45, 2.75) is 13.3 Å². The van der Waals surface area contributed by atoms with E-state index in [9.17, 15) is 4.79 Å². The number of para-hydroxylation sites is 1. The summed E-state index contributed by atoms with van der Waals surface area (Å²) >= 11 is 5.32. The summed E-state index contributed by atoms with van der Waals surface area (Å²) in [7, 11) is 1.36. The number of methoxy groups -OCH3 is 1. The second-order valence-electron chi connectivity index (χ2n) is 4.66. The monoisotopic (exact) mass is 314 g/mol. The molecule has 0 heterocycles. The van der Waals surface area contributed by atoms with Gasteiger partial charge in [0, 0.05) is 11.4 Å². The smallest absolute Gasteiger partial charge is 0.337 e. The summed E-state index contributed by atoms with van der Waals surface area (Å²) in [6, 6.07) is 15.0. The van der Waals surface area contributed by atoms with E-state index in [0.717, 1.165) is 17.8 Å². The summed E-state index contributed by atoms with van der Waals surface area (Å²) in [5.74, 6) is -0.376. The Balaban J connectivity index is 2.07. The Morgan fingerprint density at radius 2 is 1.91 bits per heavy atom. The van der Waals surface area contributed by atoms with Crippen LogP contribution >= 0.6 is 12.2 Å². The van der Waals surface area contributed by atoms with Gasteiger partial charge in [0.15, 0.2) is 5.11 Å². The van der Waals surface area contributed by atoms with Gasteiger partial charge in [-0.1, -0.05) is 31.2 Å². The standard InChI is InChI=1S/C17H18N2O2S/c1-3-12-7-4-5-10-15(12)19-17(22)18-14-9-6-8-13(11-14)16(20)21-2/h4-11H,3H2,1-2H3,(H2,18,19,22). The van der Waals surface area contributed by atoms with Gasteiger partial charge >= 0.3 is 5.97 Å². The topological polar surface area (TPSA) is 50.4 Å². The molecule has 22 heavy (non-hydrogen) atoms. The normalized spacial score (nSPS) is 9.91. The van der Waals surface area contributed by atoms with Crippen LogP contribution in [0.3, 0.4) is 0 Å². The van der Waals surface area contributed by atoms with Crippen LogP contribution in [0.15, 0.2) is 48.5 Å². The predicted octanol–water partition coefficient (Wildman–Crippen LogP) is 3.84. The molecule has 0 bridgehead atoms. The summed E-state index contributed by atoms with van der Waals surface area (Å²) < 4.78 is 4.71. The Hall–Kier alpha value is -2.40. The number of anilines is 2. The fourth-order valence-electron chi connectivity index (χ4n) is 2.08. The number of nitrogens with one attached hydrogen (secondary N) is 2. The van der Waals surface area contributed by atoms with Crippen LogP contribution in [0.1, 0.15) is 22.8 Å². The molecule has 2 N–H and O–H groups in total. The Kier molecular flexibility index (Phi) is 5.49. The number of ether oxygens (including phenoxy) is 1. The van der Waals surface area contributed by atoms with Crippen LogP contribution in [0.2, 0.25) is 0 Å². The highest BCUT2D eigenvalue weighted by Gasteiger charge is 2.07. The molecule has 0 amide bonds. The lowest BCUT2D eigenvalue weighted by Crippen LogP contribution is -2.20. The van der Waals surface area contributed by atoms with Gasteiger partial charge in [-0.2, -0.15) is 0 Å². The minimum atomic E-state index is -0.376. The summed E-state index contributed by atoms with van der Waals surface area (Å²) in [6.45, 7) is 2.09. The zero-order valence-electron chi connectivity index (χ0n) is 12.6. The van der Waals surface area contributed by atoms with Gasteiger partial charge in [-0.15, -0.1) is 0 Å². The third-order valence-electron chi connectivity index (χ3n) is 3.19. The van der Waals surface area contributed by atoms with Crippen LogP contribution in [0.5, 0.6) is 0 Å². The van der Waals surface area contributed by atoms with E-state index in [2.05, 4.69) is 23.6 Å². The van der Waals surface area contributed by atoms with Crippen molar-refractivity contribution in [2.75, 3.05) is 17.7 Å². The minimum Gasteiger partial charge on any atom is -0.465 e. The lowest BCUT2D eigenvalue weighted by molar-refractivity contribution is 0.0601. The molecular weight excluding hydrogens is 296 g/mol. The van der Waals surface area contributed by atoms with Crippen LogP contribution in [0, 0.1) is 0 Å². The van der Waals surface area contributed by atoms with Gasteiger partial charge in [-0.05, 0) is 48.5 Å². The van der Waals surface area contributed by atoms with E-state index in [1.54, 1.807) is 18.2 Å². The number of carbonyl (C=O) groups excluding carboxylic acids is 1. The van der Waals surface area contributed by atoms with E-state index in [1.807, 2.05) is 24.3 Å². The van der Waals surface area contributed by atoms with Crippen LogP contribution in [0.4, 0.5) is 11.4 Å². The highest BCUT2D eigenvalue weighted by Crippen LogP contribution is 2.17. The first-order valence-corrected chi connectivity index (χ1v) is 7.39. The van der Waals surface area contributed by atoms with Gasteiger partial charge in [0.1, 0.15) is 0 Å². The fourth-order valence-corrected chi connectivity index (χ4v) is 2.30. The van der Waals surface area contributed by atoms with Crippen LogP contribution in [0.25, 0.3) is 0 Å². The van der Waals surface area contributed by atoms with Gasteiger partial charge < -0.3 is 15.4 Å². The number of thiocarbonyl (C=S) groups is 1. The summed E-state index contributed by atoms with van der Waals surface area (Å²) in [4.78, 5) is 11.5. The van der Waals surface area contributed by atoms with E-state index >= 15 is 0 Å². The van der Waals surface area contributed by atoms with Crippen molar-refractivity contribution in [2.24, 2.45) is 0 Å². The molecule has 0 unspecified atom stereocenters. The highest BCUT2D eigenvalue weighted by molar-refractivity contribution is 7.80. The number of hydrogen-bond acceptors (Lipinski definition) is 3. The molecule has 4 nitrogen and oxygen atoms in total. The number of rotatable bonds is 4. The number of benzene rings is 2.